The van der Waals surface area contributed by atoms with Crippen LogP contribution in [-0.4, -0.2) is 47.0 Å². The molecular weight excluding hydrogens is 417 g/mol. The Morgan fingerprint density at radius 3 is 2.39 bits per heavy atom. The van der Waals surface area contributed by atoms with Gasteiger partial charge in [0, 0.05) is 43.6 Å². The lowest BCUT2D eigenvalue weighted by Gasteiger charge is -2.35. The molecule has 4 rings (SSSR count). The van der Waals surface area contributed by atoms with Crippen LogP contribution in [0.3, 0.4) is 0 Å². The minimum absolute atomic E-state index is 0.126. The fourth-order valence-corrected chi connectivity index (χ4v) is 3.73. The summed E-state index contributed by atoms with van der Waals surface area (Å²) in [5.74, 6) is 0.694. The Morgan fingerprint density at radius 1 is 1.00 bits per heavy atom. The molecule has 2 heterocycles. The van der Waals surface area contributed by atoms with Gasteiger partial charge in [-0.05, 0) is 44.2 Å². The zero-order valence-electron chi connectivity index (χ0n) is 17.4. The fourth-order valence-electron chi connectivity index (χ4n) is 3.49. The molecule has 0 spiro atoms. The molecule has 2 aromatic carbocycles. The third-order valence-electron chi connectivity index (χ3n) is 5.18. The summed E-state index contributed by atoms with van der Waals surface area (Å²) in [5.41, 5.74) is 3.32. The van der Waals surface area contributed by atoms with E-state index in [1.807, 2.05) is 44.2 Å². The van der Waals surface area contributed by atoms with Crippen LogP contribution in [-0.2, 0) is 0 Å². The van der Waals surface area contributed by atoms with E-state index in [1.165, 1.54) is 17.7 Å². The molecule has 1 aliphatic rings. The second-order valence-corrected chi connectivity index (χ2v) is 8.00. The van der Waals surface area contributed by atoms with Crippen LogP contribution < -0.4 is 10.2 Å². The number of nitrogens with one attached hydrogen (secondary N) is 1. The number of carbonyl (C=O) groups is 1. The molecule has 0 unspecified atom stereocenters. The predicted octanol–water partition coefficient (Wildman–Crippen LogP) is 4.59. The SMILES string of the molecule is Cc1ccc(Nc2cc(C)nc(N3CCN(C(=O)c4ccc(F)cc4Cl)CC3)n2)cc1. The molecule has 1 N–H and O–H groups in total. The number of rotatable bonds is 4. The average molecular weight is 440 g/mol. The molecule has 160 valence electrons. The summed E-state index contributed by atoms with van der Waals surface area (Å²) >= 11 is 6.05. The van der Waals surface area contributed by atoms with Gasteiger partial charge in [0.2, 0.25) is 5.95 Å². The zero-order valence-corrected chi connectivity index (χ0v) is 18.2. The average Bonchev–Trinajstić information content (AvgIpc) is 2.75. The summed E-state index contributed by atoms with van der Waals surface area (Å²) < 4.78 is 13.3. The quantitative estimate of drug-likeness (QED) is 0.644. The maximum atomic E-state index is 13.3. The van der Waals surface area contributed by atoms with Gasteiger partial charge >= 0.3 is 0 Å². The molecule has 1 saturated heterocycles. The van der Waals surface area contributed by atoms with Gasteiger partial charge in [-0.1, -0.05) is 29.3 Å². The molecule has 1 fully saturated rings. The summed E-state index contributed by atoms with van der Waals surface area (Å²) in [6, 6.07) is 13.8. The summed E-state index contributed by atoms with van der Waals surface area (Å²) in [4.78, 5) is 25.8. The van der Waals surface area contributed by atoms with Crippen molar-refractivity contribution in [2.75, 3.05) is 36.4 Å². The van der Waals surface area contributed by atoms with Crippen molar-refractivity contribution < 1.29 is 9.18 Å². The van der Waals surface area contributed by atoms with Crippen LogP contribution in [0.4, 0.5) is 21.8 Å². The standard InChI is InChI=1S/C23H23ClFN5O/c1-15-3-6-18(7-4-15)27-21-13-16(2)26-23(28-21)30-11-9-29(10-12-30)22(31)19-8-5-17(25)14-20(19)24/h3-8,13-14H,9-12H2,1-2H3,(H,26,27,28). The normalized spacial score (nSPS) is 13.9. The van der Waals surface area contributed by atoms with Gasteiger partial charge in [0.05, 0.1) is 10.6 Å². The second kappa shape index (κ2) is 8.89. The first kappa shape index (κ1) is 21.1. The molecule has 1 aromatic heterocycles. The topological polar surface area (TPSA) is 61.4 Å². The largest absolute Gasteiger partial charge is 0.340 e. The fraction of sp³-hybridized carbons (Fsp3) is 0.261. The third-order valence-corrected chi connectivity index (χ3v) is 5.49. The second-order valence-electron chi connectivity index (χ2n) is 7.59. The summed E-state index contributed by atoms with van der Waals surface area (Å²) in [5, 5.41) is 3.45. The molecule has 8 heteroatoms. The van der Waals surface area contributed by atoms with E-state index in [-0.39, 0.29) is 10.9 Å². The number of carbonyl (C=O) groups excluding carboxylic acids is 1. The Kier molecular flexibility index (Phi) is 6.04. The summed E-state index contributed by atoms with van der Waals surface area (Å²) in [6.07, 6.45) is 0. The first-order valence-corrected chi connectivity index (χ1v) is 10.5. The number of aryl methyl sites for hydroxylation is 2. The minimum Gasteiger partial charge on any atom is -0.340 e. The van der Waals surface area contributed by atoms with Crippen molar-refractivity contribution in [2.45, 2.75) is 13.8 Å². The van der Waals surface area contributed by atoms with E-state index in [0.717, 1.165) is 23.3 Å². The van der Waals surface area contributed by atoms with Crippen molar-refractivity contribution in [3.63, 3.8) is 0 Å². The van der Waals surface area contributed by atoms with Crippen molar-refractivity contribution in [2.24, 2.45) is 0 Å². The van der Waals surface area contributed by atoms with Gasteiger partial charge in [-0.25, -0.2) is 9.37 Å². The molecule has 0 atom stereocenters. The first-order valence-electron chi connectivity index (χ1n) is 10.1. The number of amides is 1. The summed E-state index contributed by atoms with van der Waals surface area (Å²) in [6.45, 7) is 6.18. The number of benzene rings is 2. The lowest BCUT2D eigenvalue weighted by molar-refractivity contribution is 0.0746. The Balaban J connectivity index is 1.44. The molecule has 31 heavy (non-hydrogen) atoms. The summed E-state index contributed by atoms with van der Waals surface area (Å²) in [7, 11) is 0. The van der Waals surface area contributed by atoms with E-state index in [1.54, 1.807) is 4.90 Å². The van der Waals surface area contributed by atoms with E-state index < -0.39 is 5.82 Å². The van der Waals surface area contributed by atoms with Gasteiger partial charge in [-0.3, -0.25) is 4.79 Å². The van der Waals surface area contributed by atoms with Crippen LogP contribution in [0.1, 0.15) is 21.6 Å². The molecule has 0 bridgehead atoms. The lowest BCUT2D eigenvalue weighted by Crippen LogP contribution is -2.49. The molecule has 1 aliphatic heterocycles. The molecule has 6 nitrogen and oxygen atoms in total. The van der Waals surface area contributed by atoms with Gasteiger partial charge in [-0.2, -0.15) is 4.98 Å². The first-order chi connectivity index (χ1) is 14.9. The highest BCUT2D eigenvalue weighted by Gasteiger charge is 2.25. The molecule has 1 amide bonds. The van der Waals surface area contributed by atoms with E-state index in [9.17, 15) is 9.18 Å². The molecule has 0 aliphatic carbocycles. The van der Waals surface area contributed by atoms with Crippen LogP contribution in [0.25, 0.3) is 0 Å². The number of aromatic nitrogens is 2. The number of hydrogen-bond donors (Lipinski definition) is 1. The number of hydrogen-bond acceptors (Lipinski definition) is 5. The van der Waals surface area contributed by atoms with Crippen LogP contribution in [0.2, 0.25) is 5.02 Å². The molecule has 0 saturated carbocycles. The Labute approximate surface area is 185 Å². The number of nitrogens with zero attached hydrogens (tertiary/aromatic N) is 4. The highest BCUT2D eigenvalue weighted by molar-refractivity contribution is 6.33. The van der Waals surface area contributed by atoms with E-state index >= 15 is 0 Å². The van der Waals surface area contributed by atoms with Crippen molar-refractivity contribution in [3.8, 4) is 0 Å². The van der Waals surface area contributed by atoms with Crippen molar-refractivity contribution in [1.29, 1.82) is 0 Å². The Morgan fingerprint density at radius 2 is 1.71 bits per heavy atom. The smallest absolute Gasteiger partial charge is 0.255 e. The molecule has 3 aromatic rings. The number of anilines is 3. The lowest BCUT2D eigenvalue weighted by atomic mass is 10.1. The van der Waals surface area contributed by atoms with E-state index in [0.29, 0.717) is 37.7 Å². The van der Waals surface area contributed by atoms with Crippen LogP contribution >= 0.6 is 11.6 Å². The van der Waals surface area contributed by atoms with Crippen LogP contribution in [0.15, 0.2) is 48.5 Å². The predicted molar refractivity (Wildman–Crippen MR) is 121 cm³/mol. The molecular formula is C23H23ClFN5O. The highest BCUT2D eigenvalue weighted by atomic mass is 35.5. The Bertz CT molecular complexity index is 1100. The van der Waals surface area contributed by atoms with E-state index in [4.69, 9.17) is 11.6 Å². The third kappa shape index (κ3) is 4.94. The van der Waals surface area contributed by atoms with Gasteiger partial charge in [-0.15, -0.1) is 0 Å². The highest BCUT2D eigenvalue weighted by Crippen LogP contribution is 2.22. The zero-order chi connectivity index (χ0) is 22.0. The van der Waals surface area contributed by atoms with Gasteiger partial charge in [0.15, 0.2) is 0 Å². The molecule has 0 radical (unpaired) electrons. The van der Waals surface area contributed by atoms with Crippen LogP contribution in [0, 0.1) is 19.7 Å². The Hall–Kier alpha value is -3.19. The van der Waals surface area contributed by atoms with Crippen molar-refractivity contribution >= 4 is 35.0 Å². The number of halogens is 2. The minimum atomic E-state index is -0.460. The van der Waals surface area contributed by atoms with E-state index in [2.05, 4.69) is 20.2 Å². The maximum Gasteiger partial charge on any atom is 0.255 e. The van der Waals surface area contributed by atoms with Gasteiger partial charge in [0.25, 0.3) is 5.91 Å². The monoisotopic (exact) mass is 439 g/mol. The van der Waals surface area contributed by atoms with Crippen LogP contribution in [0.5, 0.6) is 0 Å². The van der Waals surface area contributed by atoms with Gasteiger partial charge < -0.3 is 15.1 Å². The number of piperazine rings is 1. The maximum absolute atomic E-state index is 13.3. The van der Waals surface area contributed by atoms with Gasteiger partial charge in [0.1, 0.15) is 11.6 Å². The van der Waals surface area contributed by atoms with Crippen molar-refractivity contribution in [1.82, 2.24) is 14.9 Å². The van der Waals surface area contributed by atoms with Crippen molar-refractivity contribution in [3.05, 3.63) is 76.2 Å².